The van der Waals surface area contributed by atoms with Crippen molar-refractivity contribution in [3.8, 4) is 0 Å². The molecule has 0 radical (unpaired) electrons. The molecule has 0 aromatic heterocycles. The number of rotatable bonds is 12. The maximum atomic E-state index is 13.6. The van der Waals surface area contributed by atoms with Crippen molar-refractivity contribution < 1.29 is 15.0 Å². The predicted molar refractivity (Wildman–Crippen MR) is 148 cm³/mol. The third-order valence-electron chi connectivity index (χ3n) is 8.43. The van der Waals surface area contributed by atoms with Gasteiger partial charge in [0, 0.05) is 37.0 Å². The molecule has 6 heteroatoms. The van der Waals surface area contributed by atoms with E-state index < -0.39 is 11.7 Å². The van der Waals surface area contributed by atoms with Crippen LogP contribution in [0.15, 0.2) is 24.3 Å². The minimum absolute atomic E-state index is 0.0479. The van der Waals surface area contributed by atoms with Crippen LogP contribution in [-0.4, -0.2) is 65.8 Å². The topological polar surface area (TPSA) is 64.0 Å². The summed E-state index contributed by atoms with van der Waals surface area (Å²) in [7, 11) is 4.21. The molecule has 2 fully saturated rings. The van der Waals surface area contributed by atoms with E-state index in [0.717, 1.165) is 50.3 Å². The number of aliphatic hydroxyl groups excluding tert-OH is 1. The molecule has 1 aromatic rings. The van der Waals surface area contributed by atoms with Crippen molar-refractivity contribution in [1.29, 1.82) is 0 Å². The Morgan fingerprint density at radius 2 is 1.94 bits per heavy atom. The summed E-state index contributed by atoms with van der Waals surface area (Å²) in [6.45, 7) is 4.09. The van der Waals surface area contributed by atoms with E-state index in [9.17, 15) is 15.0 Å². The van der Waals surface area contributed by atoms with Crippen molar-refractivity contribution in [2.75, 3.05) is 33.7 Å². The number of nitrogens with zero attached hydrogens (tertiary/aromatic N) is 2. The average molecular weight is 521 g/mol. The quantitative estimate of drug-likeness (QED) is 0.362. The monoisotopic (exact) mass is 520 g/mol. The van der Waals surface area contributed by atoms with Gasteiger partial charge < -0.3 is 20.0 Å². The second kappa shape index (κ2) is 14.1. The van der Waals surface area contributed by atoms with Gasteiger partial charge in [-0.1, -0.05) is 55.8 Å². The van der Waals surface area contributed by atoms with Gasteiger partial charge in [0.1, 0.15) is 0 Å². The Balaban J connectivity index is 1.70. The Labute approximate surface area is 224 Å². The number of hydrogen-bond donors (Lipinski definition) is 2. The Bertz CT molecular complexity index is 811. The summed E-state index contributed by atoms with van der Waals surface area (Å²) in [5, 5.41) is 22.5. The SMILES string of the molecule is CC(O)CCC[C@@](O)(c1cccc(Cl)c1)[C@@H]1CCCN(C(=O)C[C@@H](CC2CCCCC2)CN(C)C)C1. The van der Waals surface area contributed by atoms with Crippen molar-refractivity contribution in [2.45, 2.75) is 95.7 Å². The summed E-state index contributed by atoms with van der Waals surface area (Å²) in [4.78, 5) is 17.8. The molecule has 1 amide bonds. The molecule has 1 aliphatic carbocycles. The second-order valence-corrected chi connectivity index (χ2v) is 12.4. The summed E-state index contributed by atoms with van der Waals surface area (Å²) in [6.07, 6.45) is 11.7. The molecule has 4 atom stereocenters. The number of carbonyl (C=O) groups excluding carboxylic acids is 1. The maximum absolute atomic E-state index is 13.6. The molecule has 204 valence electrons. The Kier molecular flexibility index (Phi) is 11.5. The number of likely N-dealkylation sites (tertiary alicyclic amines) is 1. The molecule has 1 aliphatic heterocycles. The van der Waals surface area contributed by atoms with Crippen LogP contribution in [0.2, 0.25) is 5.02 Å². The summed E-state index contributed by atoms with van der Waals surface area (Å²) in [5.41, 5.74) is -0.244. The lowest BCUT2D eigenvalue weighted by atomic mass is 9.74. The zero-order valence-corrected chi connectivity index (χ0v) is 23.6. The van der Waals surface area contributed by atoms with Gasteiger partial charge in [0.15, 0.2) is 0 Å². The van der Waals surface area contributed by atoms with Crippen LogP contribution < -0.4 is 0 Å². The molecule has 2 aliphatic rings. The third kappa shape index (κ3) is 8.72. The molecule has 3 rings (SSSR count). The zero-order valence-electron chi connectivity index (χ0n) is 22.8. The first-order chi connectivity index (χ1) is 17.2. The van der Waals surface area contributed by atoms with Crippen LogP contribution in [0.4, 0.5) is 0 Å². The second-order valence-electron chi connectivity index (χ2n) is 11.9. The van der Waals surface area contributed by atoms with Crippen molar-refractivity contribution in [1.82, 2.24) is 9.80 Å². The van der Waals surface area contributed by atoms with Crippen LogP contribution in [0, 0.1) is 17.8 Å². The Morgan fingerprint density at radius 3 is 2.61 bits per heavy atom. The molecule has 1 aromatic carbocycles. The van der Waals surface area contributed by atoms with E-state index in [-0.39, 0.29) is 11.8 Å². The minimum atomic E-state index is -1.07. The summed E-state index contributed by atoms with van der Waals surface area (Å²) < 4.78 is 0. The highest BCUT2D eigenvalue weighted by molar-refractivity contribution is 6.30. The lowest BCUT2D eigenvalue weighted by molar-refractivity contribution is -0.138. The third-order valence-corrected chi connectivity index (χ3v) is 8.67. The van der Waals surface area contributed by atoms with Crippen LogP contribution in [-0.2, 0) is 10.4 Å². The van der Waals surface area contributed by atoms with Gasteiger partial charge in [-0.05, 0) is 89.1 Å². The molecule has 1 saturated heterocycles. The lowest BCUT2D eigenvalue weighted by Gasteiger charge is -2.43. The molecule has 2 N–H and O–H groups in total. The maximum Gasteiger partial charge on any atom is 0.222 e. The predicted octanol–water partition coefficient (Wildman–Crippen LogP) is 5.86. The van der Waals surface area contributed by atoms with Gasteiger partial charge in [-0.15, -0.1) is 0 Å². The van der Waals surface area contributed by atoms with E-state index >= 15 is 0 Å². The number of carbonyl (C=O) groups is 1. The molecular formula is C30H49ClN2O3. The molecule has 1 unspecified atom stereocenters. The van der Waals surface area contributed by atoms with Crippen LogP contribution in [0.1, 0.15) is 89.5 Å². The van der Waals surface area contributed by atoms with Crippen LogP contribution in [0.25, 0.3) is 0 Å². The molecule has 1 saturated carbocycles. The first-order valence-electron chi connectivity index (χ1n) is 14.3. The van der Waals surface area contributed by atoms with Crippen molar-refractivity contribution >= 4 is 17.5 Å². The van der Waals surface area contributed by atoms with Gasteiger partial charge in [0.25, 0.3) is 0 Å². The van der Waals surface area contributed by atoms with Crippen molar-refractivity contribution in [3.05, 3.63) is 34.9 Å². The molecule has 0 spiro atoms. The first kappa shape index (κ1) is 29.4. The number of halogens is 1. The van der Waals surface area contributed by atoms with E-state index in [4.69, 9.17) is 11.6 Å². The van der Waals surface area contributed by atoms with Gasteiger partial charge in [-0.3, -0.25) is 4.79 Å². The molecule has 5 nitrogen and oxygen atoms in total. The van der Waals surface area contributed by atoms with Gasteiger partial charge in [0.2, 0.25) is 5.91 Å². The number of aliphatic hydroxyl groups is 2. The van der Waals surface area contributed by atoms with E-state index in [1.807, 2.05) is 29.2 Å². The molecule has 36 heavy (non-hydrogen) atoms. The molecule has 0 bridgehead atoms. The number of benzene rings is 1. The van der Waals surface area contributed by atoms with Gasteiger partial charge in [-0.2, -0.15) is 0 Å². The number of hydrogen-bond acceptors (Lipinski definition) is 4. The van der Waals surface area contributed by atoms with Gasteiger partial charge >= 0.3 is 0 Å². The number of amides is 1. The van der Waals surface area contributed by atoms with E-state index in [2.05, 4.69) is 19.0 Å². The Hall–Kier alpha value is -1.14. The largest absolute Gasteiger partial charge is 0.393 e. The highest BCUT2D eigenvalue weighted by atomic mass is 35.5. The minimum Gasteiger partial charge on any atom is -0.393 e. The van der Waals surface area contributed by atoms with Crippen LogP contribution in [0.3, 0.4) is 0 Å². The molecular weight excluding hydrogens is 472 g/mol. The standard InChI is InChI=1S/C30H49ClN2O3/c1-23(34)10-8-16-30(36,26-13-7-15-28(31)20-26)27-14-9-17-33(22-27)29(35)19-25(21-32(2)3)18-24-11-5-4-6-12-24/h7,13,15,20,23-25,27,34,36H,4-6,8-12,14,16-19,21-22H2,1-3H3/t23?,25-,27-,30-/m1/s1. The van der Waals surface area contributed by atoms with Crippen LogP contribution >= 0.6 is 11.6 Å². The molecule has 1 heterocycles. The van der Waals surface area contributed by atoms with Crippen LogP contribution in [0.5, 0.6) is 0 Å². The van der Waals surface area contributed by atoms with Crippen molar-refractivity contribution in [3.63, 3.8) is 0 Å². The van der Waals surface area contributed by atoms with E-state index in [0.29, 0.717) is 36.7 Å². The average Bonchev–Trinajstić information content (AvgIpc) is 2.84. The highest BCUT2D eigenvalue weighted by Gasteiger charge is 2.41. The summed E-state index contributed by atoms with van der Waals surface area (Å²) in [6, 6.07) is 7.53. The fraction of sp³-hybridized carbons (Fsp3) is 0.767. The Morgan fingerprint density at radius 1 is 1.19 bits per heavy atom. The summed E-state index contributed by atoms with van der Waals surface area (Å²) in [5.74, 6) is 1.33. The van der Waals surface area contributed by atoms with E-state index in [1.54, 1.807) is 6.92 Å². The van der Waals surface area contributed by atoms with E-state index in [1.165, 1.54) is 32.1 Å². The smallest absolute Gasteiger partial charge is 0.222 e. The summed E-state index contributed by atoms with van der Waals surface area (Å²) >= 11 is 6.31. The zero-order chi connectivity index (χ0) is 26.1. The van der Waals surface area contributed by atoms with Gasteiger partial charge in [-0.25, -0.2) is 0 Å². The fourth-order valence-electron chi connectivity index (χ4n) is 6.61. The normalized spacial score (nSPS) is 22.9. The highest BCUT2D eigenvalue weighted by Crippen LogP contribution is 2.41. The fourth-order valence-corrected chi connectivity index (χ4v) is 6.80. The number of piperidine rings is 1. The van der Waals surface area contributed by atoms with Crippen molar-refractivity contribution in [2.24, 2.45) is 17.8 Å². The van der Waals surface area contributed by atoms with Gasteiger partial charge in [0.05, 0.1) is 11.7 Å². The first-order valence-corrected chi connectivity index (χ1v) is 14.6. The lowest BCUT2D eigenvalue weighted by Crippen LogP contribution is -2.48.